The van der Waals surface area contributed by atoms with Gasteiger partial charge in [-0.15, -0.1) is 0 Å². The van der Waals surface area contributed by atoms with Gasteiger partial charge < -0.3 is 4.90 Å². The van der Waals surface area contributed by atoms with E-state index in [9.17, 15) is 4.79 Å². The maximum Gasteiger partial charge on any atom is 0.219 e. The third-order valence-corrected chi connectivity index (χ3v) is 1.02. The predicted octanol–water partition coefficient (Wildman–Crippen LogP) is -0.0463. The van der Waals surface area contributed by atoms with Gasteiger partial charge in [0.15, 0.2) is 0 Å². The molecule has 1 aliphatic rings. The molecule has 3 nitrogen and oxygen atoms in total. The molecule has 0 amide bonds. The minimum Gasteiger partial charge on any atom is -0.351 e. The fourth-order valence-electron chi connectivity index (χ4n) is 0.606. The summed E-state index contributed by atoms with van der Waals surface area (Å²) >= 11 is 0. The van der Waals surface area contributed by atoms with Gasteiger partial charge in [0.25, 0.3) is 0 Å². The zero-order valence-corrected chi connectivity index (χ0v) is 4.95. The van der Waals surface area contributed by atoms with E-state index < -0.39 is 0 Å². The second kappa shape index (κ2) is 3.02. The van der Waals surface area contributed by atoms with Gasteiger partial charge in [-0.3, -0.25) is 9.79 Å². The molecule has 0 fully saturated rings. The van der Waals surface area contributed by atoms with Crippen LogP contribution in [0.15, 0.2) is 17.3 Å². The lowest BCUT2D eigenvalue weighted by atomic mass is 10.5. The van der Waals surface area contributed by atoms with E-state index in [0.717, 1.165) is 0 Å². The maximum absolute atomic E-state index is 9.82. The normalized spacial score (nSPS) is 16.2. The Morgan fingerprint density at radius 2 is 2.67 bits per heavy atom. The molecule has 1 rings (SSSR count). The Labute approximate surface area is 53.7 Å². The molecule has 0 aromatic heterocycles. The van der Waals surface area contributed by atoms with Gasteiger partial charge >= 0.3 is 0 Å². The topological polar surface area (TPSA) is 32.7 Å². The fourth-order valence-corrected chi connectivity index (χ4v) is 0.606. The van der Waals surface area contributed by atoms with Gasteiger partial charge in [-0.05, 0) is 6.08 Å². The first-order valence-electron chi connectivity index (χ1n) is 2.69. The molecule has 1 heterocycles. The summed E-state index contributed by atoms with van der Waals surface area (Å²) in [5.74, 6) is 0. The molecule has 1 aliphatic heterocycles. The molecule has 0 aromatic carbocycles. The van der Waals surface area contributed by atoms with Crippen molar-refractivity contribution in [3.8, 4) is 0 Å². The minimum atomic E-state index is 0.313. The van der Waals surface area contributed by atoms with E-state index in [1.54, 1.807) is 23.5 Å². The van der Waals surface area contributed by atoms with Crippen molar-refractivity contribution in [2.45, 2.75) is 0 Å². The zero-order chi connectivity index (χ0) is 6.53. The van der Waals surface area contributed by atoms with Crippen LogP contribution in [0.2, 0.25) is 0 Å². The molecule has 0 atom stereocenters. The van der Waals surface area contributed by atoms with Gasteiger partial charge in [0.2, 0.25) is 6.29 Å². The summed E-state index contributed by atoms with van der Waals surface area (Å²) in [7, 11) is 0. The van der Waals surface area contributed by atoms with Crippen LogP contribution < -0.4 is 0 Å². The van der Waals surface area contributed by atoms with Gasteiger partial charge in [-0.25, -0.2) is 0 Å². The highest BCUT2D eigenvalue weighted by Crippen LogP contribution is 1.91. The minimum absolute atomic E-state index is 0.313. The molecule has 9 heavy (non-hydrogen) atoms. The highest BCUT2D eigenvalue weighted by atomic mass is 16.1. The first-order chi connectivity index (χ1) is 4.43. The monoisotopic (exact) mass is 123 g/mol. The van der Waals surface area contributed by atoms with Gasteiger partial charge in [0, 0.05) is 12.4 Å². The Morgan fingerprint density at radius 1 is 1.78 bits per heavy atom. The van der Waals surface area contributed by atoms with Crippen LogP contribution in [-0.2, 0) is 4.79 Å². The Kier molecular flexibility index (Phi) is 2.01. The van der Waals surface area contributed by atoms with Crippen LogP contribution in [0, 0.1) is 0 Å². The van der Waals surface area contributed by atoms with Crippen LogP contribution in [0.5, 0.6) is 0 Å². The molecule has 3 heteroatoms. The number of aliphatic imine (C=N–C) groups is 1. The lowest BCUT2D eigenvalue weighted by Gasteiger charge is -2.14. The predicted molar refractivity (Wildman–Crippen MR) is 34.9 cm³/mol. The lowest BCUT2D eigenvalue weighted by Crippen LogP contribution is -2.21. The fraction of sp³-hybridized carbons (Fsp3) is 0.333. The van der Waals surface area contributed by atoms with E-state index >= 15 is 0 Å². The largest absolute Gasteiger partial charge is 0.351 e. The number of hydrogen-bond donors (Lipinski definition) is 0. The Morgan fingerprint density at radius 3 is 3.22 bits per heavy atom. The summed E-state index contributed by atoms with van der Waals surface area (Å²) in [6, 6.07) is 0. The van der Waals surface area contributed by atoms with Crippen molar-refractivity contribution in [3.05, 3.63) is 12.3 Å². The molecule has 1 radical (unpaired) electrons. The van der Waals surface area contributed by atoms with Crippen molar-refractivity contribution < 1.29 is 4.79 Å². The summed E-state index contributed by atoms with van der Waals surface area (Å²) in [6.45, 7) is 0.888. The first kappa shape index (κ1) is 6.01. The third-order valence-electron chi connectivity index (χ3n) is 1.02. The molecule has 47 valence electrons. The van der Waals surface area contributed by atoms with Crippen molar-refractivity contribution in [1.29, 1.82) is 0 Å². The van der Waals surface area contributed by atoms with Crippen molar-refractivity contribution in [2.75, 3.05) is 13.2 Å². The SMILES string of the molecule is O=[C]CN1C=CC=NC1. The summed E-state index contributed by atoms with van der Waals surface area (Å²) < 4.78 is 0. The number of carbonyl (C=O) groups excluding carboxylic acids is 1. The Bertz CT molecular complexity index is 149. The molecule has 0 bridgehead atoms. The molecular formula is C6H7N2O. The molecule has 0 aromatic rings. The average molecular weight is 123 g/mol. The Hall–Kier alpha value is -1.12. The van der Waals surface area contributed by atoms with Crippen LogP contribution in [0.4, 0.5) is 0 Å². The highest BCUT2D eigenvalue weighted by Gasteiger charge is 1.96. The molecule has 0 N–H and O–H groups in total. The van der Waals surface area contributed by atoms with Crippen LogP contribution in [-0.4, -0.2) is 30.6 Å². The number of nitrogens with zero attached hydrogens (tertiary/aromatic N) is 2. The summed E-state index contributed by atoms with van der Waals surface area (Å²) in [5.41, 5.74) is 0. The van der Waals surface area contributed by atoms with Gasteiger partial charge in [0.1, 0.15) is 6.67 Å². The summed E-state index contributed by atoms with van der Waals surface area (Å²) in [4.78, 5) is 15.5. The number of rotatable bonds is 2. The van der Waals surface area contributed by atoms with E-state index in [1.807, 2.05) is 6.20 Å². The van der Waals surface area contributed by atoms with Gasteiger partial charge in [-0.1, -0.05) is 0 Å². The highest BCUT2D eigenvalue weighted by molar-refractivity contribution is 5.71. The maximum atomic E-state index is 9.82. The summed E-state index contributed by atoms with van der Waals surface area (Å²) in [6.07, 6.45) is 7.11. The number of hydrogen-bond acceptors (Lipinski definition) is 3. The Balaban J connectivity index is 2.36. The second-order valence-electron chi connectivity index (χ2n) is 1.71. The second-order valence-corrected chi connectivity index (χ2v) is 1.71. The van der Waals surface area contributed by atoms with Gasteiger partial charge in [0.05, 0.1) is 6.54 Å². The van der Waals surface area contributed by atoms with Crippen LogP contribution in [0.3, 0.4) is 0 Å². The molecule has 0 saturated heterocycles. The third kappa shape index (κ3) is 1.68. The average Bonchev–Trinajstić information content (AvgIpc) is 1.91. The number of allylic oxidation sites excluding steroid dienone is 1. The van der Waals surface area contributed by atoms with E-state index in [2.05, 4.69) is 4.99 Å². The molecule has 0 aliphatic carbocycles. The van der Waals surface area contributed by atoms with Crippen molar-refractivity contribution >= 4 is 12.5 Å². The quantitative estimate of drug-likeness (QED) is 0.516. The molecular weight excluding hydrogens is 116 g/mol. The zero-order valence-electron chi connectivity index (χ0n) is 4.95. The molecule has 0 unspecified atom stereocenters. The smallest absolute Gasteiger partial charge is 0.219 e. The molecule has 0 saturated carbocycles. The van der Waals surface area contributed by atoms with Crippen LogP contribution >= 0.6 is 0 Å². The van der Waals surface area contributed by atoms with E-state index in [0.29, 0.717) is 13.2 Å². The summed E-state index contributed by atoms with van der Waals surface area (Å²) in [5, 5.41) is 0. The van der Waals surface area contributed by atoms with E-state index in [4.69, 9.17) is 0 Å². The molecule has 0 spiro atoms. The van der Waals surface area contributed by atoms with Crippen LogP contribution in [0.1, 0.15) is 0 Å². The van der Waals surface area contributed by atoms with Crippen LogP contribution in [0.25, 0.3) is 0 Å². The van der Waals surface area contributed by atoms with E-state index in [1.165, 1.54) is 0 Å². The van der Waals surface area contributed by atoms with Gasteiger partial charge in [-0.2, -0.15) is 0 Å². The first-order valence-corrected chi connectivity index (χ1v) is 2.69. The van der Waals surface area contributed by atoms with E-state index in [-0.39, 0.29) is 0 Å². The standard InChI is InChI=1S/C6H7N2O/c9-5-4-8-3-1-2-7-6-8/h1-3H,4,6H2. The van der Waals surface area contributed by atoms with Crippen molar-refractivity contribution in [3.63, 3.8) is 0 Å². The van der Waals surface area contributed by atoms with Crippen molar-refractivity contribution in [1.82, 2.24) is 4.90 Å². The lowest BCUT2D eigenvalue weighted by molar-refractivity contribution is 0.423. The van der Waals surface area contributed by atoms with Crippen molar-refractivity contribution in [2.24, 2.45) is 4.99 Å².